The van der Waals surface area contributed by atoms with Crippen molar-refractivity contribution in [3.05, 3.63) is 92.6 Å². The van der Waals surface area contributed by atoms with Gasteiger partial charge in [0.25, 0.3) is 0 Å². The highest BCUT2D eigenvalue weighted by molar-refractivity contribution is 7.12. The maximum atomic E-state index is 5.61. The second-order valence-corrected chi connectivity index (χ2v) is 16.3. The van der Waals surface area contributed by atoms with Crippen molar-refractivity contribution in [1.82, 2.24) is 9.13 Å². The third kappa shape index (κ3) is 13.0. The van der Waals surface area contributed by atoms with E-state index in [2.05, 4.69) is 183 Å². The molecule has 46 heavy (non-hydrogen) atoms. The summed E-state index contributed by atoms with van der Waals surface area (Å²) in [6.07, 6.45) is 4.38. The Labute approximate surface area is 288 Å². The highest BCUT2D eigenvalue weighted by Crippen LogP contribution is 2.29. The van der Waals surface area contributed by atoms with Gasteiger partial charge in [0.2, 0.25) is 0 Å². The van der Waals surface area contributed by atoms with Crippen LogP contribution in [0.15, 0.2) is 53.2 Å². The van der Waals surface area contributed by atoms with E-state index in [0.717, 1.165) is 11.5 Å². The van der Waals surface area contributed by atoms with Gasteiger partial charge in [0.1, 0.15) is 11.5 Å². The fourth-order valence-corrected chi connectivity index (χ4v) is 6.27. The molecule has 4 rings (SSSR count). The van der Waals surface area contributed by atoms with Gasteiger partial charge in [-0.25, -0.2) is 0 Å². The molecule has 0 N–H and O–H groups in total. The highest BCUT2D eigenvalue weighted by atomic mass is 32.1. The molecule has 0 bridgehead atoms. The molecule has 0 aliphatic carbocycles. The van der Waals surface area contributed by atoms with E-state index in [-0.39, 0.29) is 0 Å². The van der Waals surface area contributed by atoms with Gasteiger partial charge in [0.15, 0.2) is 0 Å². The van der Waals surface area contributed by atoms with Crippen LogP contribution in [0.4, 0.5) is 0 Å². The topological polar surface area (TPSA) is 23.0 Å². The van der Waals surface area contributed by atoms with Gasteiger partial charge < -0.3 is 13.6 Å². The van der Waals surface area contributed by atoms with Crippen LogP contribution in [0.5, 0.6) is 0 Å². The fraction of sp³-hybridized carbons (Fsp3) is 0.619. The summed E-state index contributed by atoms with van der Waals surface area (Å²) < 4.78 is 10.3. The lowest BCUT2D eigenvalue weighted by Gasteiger charge is -2.14. The van der Waals surface area contributed by atoms with E-state index in [1.165, 1.54) is 32.3 Å². The number of rotatable bonds is 8. The third-order valence-corrected chi connectivity index (χ3v) is 9.92. The quantitative estimate of drug-likeness (QED) is 0.186. The van der Waals surface area contributed by atoms with Crippen LogP contribution in [-0.2, 0) is 0 Å². The molecular formula is C42H70N2OS. The van der Waals surface area contributed by atoms with E-state index in [9.17, 15) is 0 Å². The number of thiophene rings is 1. The largest absolute Gasteiger partial charge is 0.466 e. The smallest absolute Gasteiger partial charge is 0.106 e. The third-order valence-electron chi connectivity index (χ3n) is 8.23. The zero-order valence-corrected chi connectivity index (χ0v) is 33.8. The van der Waals surface area contributed by atoms with Gasteiger partial charge in [0.05, 0.1) is 0 Å². The normalized spacial score (nSPS) is 11.5. The molecule has 3 nitrogen and oxygen atoms in total. The summed E-state index contributed by atoms with van der Waals surface area (Å²) in [6, 6.07) is 14.3. The lowest BCUT2D eigenvalue weighted by Crippen LogP contribution is -2.05. The first-order valence-corrected chi connectivity index (χ1v) is 18.6. The Hall–Kier alpha value is -2.46. The zero-order valence-electron chi connectivity index (χ0n) is 32.9. The molecule has 0 saturated heterocycles. The molecule has 0 atom stereocenters. The zero-order chi connectivity index (χ0) is 35.5. The van der Waals surface area contributed by atoms with Crippen molar-refractivity contribution in [3.63, 3.8) is 0 Å². The minimum Gasteiger partial charge on any atom is -0.466 e. The lowest BCUT2D eigenvalue weighted by molar-refractivity contribution is 0.432. The summed E-state index contributed by atoms with van der Waals surface area (Å²) >= 11 is 1.95. The van der Waals surface area contributed by atoms with Crippen LogP contribution in [0.1, 0.15) is 202 Å². The Morgan fingerprint density at radius 3 is 1.24 bits per heavy atom. The number of aromatic nitrogens is 2. The molecule has 4 heteroatoms. The number of aryl methyl sites for hydroxylation is 1. The first-order chi connectivity index (χ1) is 21.3. The van der Waals surface area contributed by atoms with Crippen molar-refractivity contribution in [2.75, 3.05) is 0 Å². The molecule has 4 aromatic heterocycles. The maximum absolute atomic E-state index is 5.61. The SMILES string of the molecule is CC(C)c1ccc(C(C)C)o1.CC(C)c1ccc(C(C)C)s1.CC(C)c1ccn(C(C)C)c1.Cc1cc(C(C)C)c(C)n1C(C)C. The fourth-order valence-electron chi connectivity index (χ4n) is 5.25. The Bertz CT molecular complexity index is 1200. The molecule has 0 aromatic carbocycles. The minimum atomic E-state index is 0.502. The number of nitrogens with zero attached hydrogens (tertiary/aromatic N) is 2. The molecule has 4 aromatic rings. The Kier molecular flexibility index (Phi) is 17.5. The van der Waals surface area contributed by atoms with Crippen molar-refractivity contribution in [2.45, 2.75) is 172 Å². The number of hydrogen-bond donors (Lipinski definition) is 0. The molecule has 0 aliphatic heterocycles. The average molecular weight is 651 g/mol. The molecule has 4 heterocycles. The van der Waals surface area contributed by atoms with E-state index in [4.69, 9.17) is 4.42 Å². The predicted octanol–water partition coefficient (Wildman–Crippen LogP) is 14.5. The second kappa shape index (κ2) is 19.4. The van der Waals surface area contributed by atoms with E-state index >= 15 is 0 Å². The summed E-state index contributed by atoms with van der Waals surface area (Å²) in [5.41, 5.74) is 5.74. The van der Waals surface area contributed by atoms with E-state index in [1.54, 1.807) is 0 Å². The van der Waals surface area contributed by atoms with Gasteiger partial charge in [-0.2, -0.15) is 0 Å². The van der Waals surface area contributed by atoms with Gasteiger partial charge in [0, 0.05) is 57.5 Å². The molecule has 0 saturated carbocycles. The number of furan rings is 1. The van der Waals surface area contributed by atoms with Gasteiger partial charge >= 0.3 is 0 Å². The van der Waals surface area contributed by atoms with Crippen molar-refractivity contribution < 1.29 is 4.42 Å². The second-order valence-electron chi connectivity index (χ2n) is 15.2. The molecule has 260 valence electrons. The van der Waals surface area contributed by atoms with Gasteiger partial charge in [-0.05, 0) is 113 Å². The summed E-state index contributed by atoms with van der Waals surface area (Å²) in [4.78, 5) is 3.02. The molecule has 0 fully saturated rings. The van der Waals surface area contributed by atoms with Crippen LogP contribution in [0.2, 0.25) is 0 Å². The summed E-state index contributed by atoms with van der Waals surface area (Å²) in [7, 11) is 0. The van der Waals surface area contributed by atoms with Crippen LogP contribution in [0.3, 0.4) is 0 Å². The molecule has 0 unspecified atom stereocenters. The lowest BCUT2D eigenvalue weighted by atomic mass is 10.0. The summed E-state index contributed by atoms with van der Waals surface area (Å²) in [5.74, 6) is 5.85. The first-order valence-electron chi connectivity index (χ1n) is 17.8. The standard InChI is InChI=1S/C12H21N.C10H17N.C10H16O.C10H16S/c1-8(2)12-7-10(5)13(9(3)4)11(12)6;1-8(2)10-5-6-11(7-10)9(3)4;2*1-7(2)9-5-6-10(11-9)8(3)4/h7-9H,1-6H3;5-9H,1-4H3;2*5-8H,1-4H3. The van der Waals surface area contributed by atoms with Crippen molar-refractivity contribution in [2.24, 2.45) is 0 Å². The van der Waals surface area contributed by atoms with Crippen LogP contribution >= 0.6 is 11.3 Å². The van der Waals surface area contributed by atoms with Crippen molar-refractivity contribution in [1.29, 1.82) is 0 Å². The molecule has 0 spiro atoms. The van der Waals surface area contributed by atoms with Gasteiger partial charge in [-0.3, -0.25) is 0 Å². The molecular weight excluding hydrogens is 581 g/mol. The summed E-state index contributed by atoms with van der Waals surface area (Å²) in [5, 5.41) is 0. The Morgan fingerprint density at radius 1 is 0.543 bits per heavy atom. The van der Waals surface area contributed by atoms with Crippen molar-refractivity contribution >= 4 is 11.3 Å². The molecule has 0 radical (unpaired) electrons. The number of hydrogen-bond acceptors (Lipinski definition) is 2. The Balaban J connectivity index is 0.000000307. The molecule has 0 amide bonds. The monoisotopic (exact) mass is 651 g/mol. The predicted molar refractivity (Wildman–Crippen MR) is 207 cm³/mol. The van der Waals surface area contributed by atoms with E-state index in [0.29, 0.717) is 47.6 Å². The maximum Gasteiger partial charge on any atom is 0.106 e. The van der Waals surface area contributed by atoms with E-state index < -0.39 is 0 Å². The Morgan fingerprint density at radius 2 is 1.02 bits per heavy atom. The minimum absolute atomic E-state index is 0.502. The van der Waals surface area contributed by atoms with Crippen LogP contribution in [0.25, 0.3) is 0 Å². The average Bonchev–Trinajstić information content (AvgIpc) is 3.75. The molecule has 0 aliphatic rings. The van der Waals surface area contributed by atoms with Gasteiger partial charge in [-0.1, -0.05) is 83.1 Å². The highest BCUT2D eigenvalue weighted by Gasteiger charge is 2.13. The van der Waals surface area contributed by atoms with Crippen LogP contribution in [0, 0.1) is 13.8 Å². The van der Waals surface area contributed by atoms with Gasteiger partial charge in [-0.15, -0.1) is 11.3 Å². The van der Waals surface area contributed by atoms with Crippen LogP contribution in [-0.4, -0.2) is 9.13 Å². The van der Waals surface area contributed by atoms with E-state index in [1.807, 2.05) is 11.3 Å². The van der Waals surface area contributed by atoms with Crippen molar-refractivity contribution in [3.8, 4) is 0 Å². The summed E-state index contributed by atoms with van der Waals surface area (Å²) in [6.45, 7) is 39.8. The first kappa shape index (κ1) is 41.6. The van der Waals surface area contributed by atoms with Crippen LogP contribution < -0.4 is 0 Å².